The monoisotopic (exact) mass is 524 g/mol. The Morgan fingerprint density at radius 1 is 1.04 bits per heavy atom. The molecule has 0 heterocycles. The fraction of sp³-hybridized carbons (Fsp3) is 0.0476. The van der Waals surface area contributed by atoms with Gasteiger partial charge in [-0.25, -0.2) is 5.43 Å². The summed E-state index contributed by atoms with van der Waals surface area (Å²) in [4.78, 5) is 12.1. The number of amides is 1. The minimum Gasteiger partial charge on any atom is -0.486 e. The zero-order chi connectivity index (χ0) is 19.9. The Balaban J connectivity index is 1.65. The molecule has 0 saturated heterocycles. The number of hydrogen-bond donors (Lipinski definition) is 1. The number of carbonyl (C=O) groups excluding carboxylic acids is 1. The number of nitrogens with zero attached hydrogens (tertiary/aromatic N) is 1. The maximum Gasteiger partial charge on any atom is 0.271 e. The summed E-state index contributed by atoms with van der Waals surface area (Å²) in [5, 5.41) is 4.71. The van der Waals surface area contributed by atoms with E-state index >= 15 is 0 Å². The molecule has 3 rings (SSSR count). The summed E-state index contributed by atoms with van der Waals surface area (Å²) in [5.74, 6) is 0.113. The van der Waals surface area contributed by atoms with Gasteiger partial charge in [-0.05, 0) is 64.0 Å². The summed E-state index contributed by atoms with van der Waals surface area (Å²) in [6.45, 7) is 0.361. The first-order valence-electron chi connectivity index (χ1n) is 8.27. The third-order valence-corrected chi connectivity index (χ3v) is 4.95. The zero-order valence-corrected chi connectivity index (χ0v) is 18.2. The van der Waals surface area contributed by atoms with Gasteiger partial charge in [0.1, 0.15) is 6.61 Å². The molecule has 0 radical (unpaired) electrons. The summed E-state index contributed by atoms with van der Waals surface area (Å²) < 4.78 is 6.71. The van der Waals surface area contributed by atoms with Crippen LogP contribution in [0.15, 0.2) is 71.8 Å². The number of ether oxygens (including phenoxy) is 1. The van der Waals surface area contributed by atoms with E-state index in [0.717, 1.165) is 9.13 Å². The van der Waals surface area contributed by atoms with Crippen LogP contribution in [-0.4, -0.2) is 12.1 Å². The van der Waals surface area contributed by atoms with E-state index in [-0.39, 0.29) is 5.91 Å². The van der Waals surface area contributed by atoms with Crippen molar-refractivity contribution in [1.82, 2.24) is 5.43 Å². The van der Waals surface area contributed by atoms with E-state index in [4.69, 9.17) is 27.9 Å². The van der Waals surface area contributed by atoms with Crippen LogP contribution >= 0.6 is 45.8 Å². The number of rotatable bonds is 6. The van der Waals surface area contributed by atoms with Crippen LogP contribution < -0.4 is 10.2 Å². The summed E-state index contributed by atoms with van der Waals surface area (Å²) in [5.41, 5.74) is 4.67. The van der Waals surface area contributed by atoms with Crippen LogP contribution in [0, 0.1) is 3.57 Å². The summed E-state index contributed by atoms with van der Waals surface area (Å²) >= 11 is 14.7. The van der Waals surface area contributed by atoms with Gasteiger partial charge in [0.05, 0.1) is 16.3 Å². The number of benzene rings is 3. The third kappa shape index (κ3) is 5.70. The Morgan fingerprint density at radius 3 is 2.43 bits per heavy atom. The van der Waals surface area contributed by atoms with Crippen molar-refractivity contribution in [1.29, 1.82) is 0 Å². The molecule has 0 bridgehead atoms. The first-order valence-corrected chi connectivity index (χ1v) is 10.1. The molecule has 4 nitrogen and oxygen atoms in total. The van der Waals surface area contributed by atoms with Crippen molar-refractivity contribution >= 4 is 57.9 Å². The molecule has 0 aliphatic carbocycles. The predicted octanol–water partition coefficient (Wildman–Crippen LogP) is 5.94. The SMILES string of the molecule is O=C(N/N=C\c1cc(Cl)c(OCc2ccccc2)c(Cl)c1)c1cccc(I)c1. The molecular formula is C21H15Cl2IN2O2. The van der Waals surface area contributed by atoms with Crippen LogP contribution in [0.3, 0.4) is 0 Å². The lowest BCUT2D eigenvalue weighted by atomic mass is 10.2. The van der Waals surface area contributed by atoms with Crippen molar-refractivity contribution < 1.29 is 9.53 Å². The van der Waals surface area contributed by atoms with Crippen molar-refractivity contribution in [3.63, 3.8) is 0 Å². The van der Waals surface area contributed by atoms with Gasteiger partial charge in [0, 0.05) is 9.13 Å². The molecule has 0 fully saturated rings. The Labute approximate surface area is 186 Å². The highest BCUT2D eigenvalue weighted by atomic mass is 127. The second-order valence-electron chi connectivity index (χ2n) is 5.80. The lowest BCUT2D eigenvalue weighted by Crippen LogP contribution is -2.17. The standard InChI is InChI=1S/C21H15Cl2IN2O2/c22-18-9-15(12-25-26-21(27)16-7-4-8-17(24)11-16)10-19(23)20(18)28-13-14-5-2-1-3-6-14/h1-12H,13H2,(H,26,27)/b25-12-. The second kappa shape index (κ2) is 9.91. The average Bonchev–Trinajstić information content (AvgIpc) is 2.68. The van der Waals surface area contributed by atoms with E-state index in [9.17, 15) is 4.79 Å². The highest BCUT2D eigenvalue weighted by Gasteiger charge is 2.10. The molecule has 142 valence electrons. The molecule has 28 heavy (non-hydrogen) atoms. The van der Waals surface area contributed by atoms with E-state index in [0.29, 0.717) is 33.5 Å². The van der Waals surface area contributed by atoms with Gasteiger partial charge in [-0.1, -0.05) is 59.6 Å². The van der Waals surface area contributed by atoms with Crippen molar-refractivity contribution in [3.05, 3.63) is 97.0 Å². The fourth-order valence-corrected chi connectivity index (χ4v) is 3.54. The van der Waals surface area contributed by atoms with E-state index in [1.54, 1.807) is 24.3 Å². The molecule has 0 aliphatic rings. The third-order valence-electron chi connectivity index (χ3n) is 3.71. The van der Waals surface area contributed by atoms with Gasteiger partial charge in [-0.3, -0.25) is 4.79 Å². The second-order valence-corrected chi connectivity index (χ2v) is 7.86. The van der Waals surface area contributed by atoms with Crippen LogP contribution in [0.4, 0.5) is 0 Å². The Morgan fingerprint density at radius 2 is 1.75 bits per heavy atom. The molecule has 0 saturated carbocycles. The summed E-state index contributed by atoms with van der Waals surface area (Å²) in [6, 6.07) is 20.3. The highest BCUT2D eigenvalue weighted by Crippen LogP contribution is 2.34. The zero-order valence-electron chi connectivity index (χ0n) is 14.5. The Bertz CT molecular complexity index is 987. The quantitative estimate of drug-likeness (QED) is 0.246. The molecule has 0 aromatic heterocycles. The van der Waals surface area contributed by atoms with Gasteiger partial charge in [0.15, 0.2) is 5.75 Å². The molecule has 3 aromatic rings. The van der Waals surface area contributed by atoms with Gasteiger partial charge >= 0.3 is 0 Å². The molecule has 3 aromatic carbocycles. The molecule has 0 spiro atoms. The van der Waals surface area contributed by atoms with E-state index < -0.39 is 0 Å². The fourth-order valence-electron chi connectivity index (χ4n) is 2.38. The van der Waals surface area contributed by atoms with Crippen molar-refractivity contribution in [2.75, 3.05) is 0 Å². The summed E-state index contributed by atoms with van der Waals surface area (Å²) in [6.07, 6.45) is 1.48. The van der Waals surface area contributed by atoms with Crippen LogP contribution in [0.1, 0.15) is 21.5 Å². The number of halogens is 3. The van der Waals surface area contributed by atoms with Gasteiger partial charge < -0.3 is 4.74 Å². The molecule has 7 heteroatoms. The minimum absolute atomic E-state index is 0.297. The van der Waals surface area contributed by atoms with Crippen molar-refractivity contribution in [3.8, 4) is 5.75 Å². The first kappa shape index (κ1) is 20.6. The molecule has 1 amide bonds. The molecule has 0 atom stereocenters. The van der Waals surface area contributed by atoms with Crippen molar-refractivity contribution in [2.24, 2.45) is 5.10 Å². The smallest absolute Gasteiger partial charge is 0.271 e. The first-order chi connectivity index (χ1) is 13.5. The number of hydrazone groups is 1. The Kier molecular flexibility index (Phi) is 7.30. The van der Waals surface area contributed by atoms with Gasteiger partial charge in [0.2, 0.25) is 0 Å². The normalized spacial score (nSPS) is 10.8. The lowest BCUT2D eigenvalue weighted by molar-refractivity contribution is 0.0955. The maximum atomic E-state index is 12.1. The van der Waals surface area contributed by atoms with Crippen LogP contribution in [-0.2, 0) is 6.61 Å². The van der Waals surface area contributed by atoms with E-state index in [2.05, 4.69) is 33.1 Å². The van der Waals surface area contributed by atoms with E-state index in [1.165, 1.54) is 6.21 Å². The van der Waals surface area contributed by atoms with Gasteiger partial charge in [-0.2, -0.15) is 5.10 Å². The number of hydrogen-bond acceptors (Lipinski definition) is 3. The molecular weight excluding hydrogens is 510 g/mol. The summed E-state index contributed by atoms with van der Waals surface area (Å²) in [7, 11) is 0. The predicted molar refractivity (Wildman–Crippen MR) is 121 cm³/mol. The highest BCUT2D eigenvalue weighted by molar-refractivity contribution is 14.1. The van der Waals surface area contributed by atoms with Crippen LogP contribution in [0.2, 0.25) is 10.0 Å². The maximum absolute atomic E-state index is 12.1. The van der Waals surface area contributed by atoms with Crippen molar-refractivity contribution in [2.45, 2.75) is 6.61 Å². The lowest BCUT2D eigenvalue weighted by Gasteiger charge is -2.11. The minimum atomic E-state index is -0.297. The average molecular weight is 525 g/mol. The van der Waals surface area contributed by atoms with Gasteiger partial charge in [0.25, 0.3) is 5.91 Å². The largest absolute Gasteiger partial charge is 0.486 e. The Hall–Kier alpha value is -2.09. The topological polar surface area (TPSA) is 50.7 Å². The van der Waals surface area contributed by atoms with Gasteiger partial charge in [-0.15, -0.1) is 0 Å². The number of nitrogens with one attached hydrogen (secondary N) is 1. The molecule has 1 N–H and O–H groups in total. The van der Waals surface area contributed by atoms with E-state index in [1.807, 2.05) is 42.5 Å². The number of carbonyl (C=O) groups is 1. The molecule has 0 aliphatic heterocycles. The van der Waals surface area contributed by atoms with Crippen LogP contribution in [0.25, 0.3) is 0 Å². The molecule has 0 unspecified atom stereocenters. The van der Waals surface area contributed by atoms with Crippen LogP contribution in [0.5, 0.6) is 5.75 Å².